The van der Waals surface area contributed by atoms with E-state index in [0.29, 0.717) is 0 Å². The summed E-state index contributed by atoms with van der Waals surface area (Å²) in [5.74, 6) is 0. The van der Waals surface area contributed by atoms with Gasteiger partial charge in [-0.2, -0.15) is 0 Å². The molecule has 0 saturated heterocycles. The Kier molecular flexibility index (Phi) is 7.97. The number of rotatable bonds is 2. The molecule has 0 radical (unpaired) electrons. The summed E-state index contributed by atoms with van der Waals surface area (Å²) in [6.07, 6.45) is 16.7. The van der Waals surface area contributed by atoms with Crippen LogP contribution in [-0.2, 0) is 20.1 Å². The van der Waals surface area contributed by atoms with E-state index >= 15 is 0 Å². The molecule has 0 aromatic heterocycles. The second kappa shape index (κ2) is 10.5. The van der Waals surface area contributed by atoms with Crippen molar-refractivity contribution < 1.29 is 20.1 Å². The molecule has 2 aliphatic heterocycles. The molecule has 25 heavy (non-hydrogen) atoms. The molecule has 0 N–H and O–H groups in total. The number of anilines is 2. The maximum absolute atomic E-state index is 2.21. The zero-order valence-corrected chi connectivity index (χ0v) is 16.4. The molecule has 0 unspecified atom stereocenters. The van der Waals surface area contributed by atoms with Crippen molar-refractivity contribution in [2.45, 2.75) is 0 Å². The number of benzene rings is 2. The van der Waals surface area contributed by atoms with Gasteiger partial charge in [-0.3, -0.25) is 0 Å². The molecule has 2 nitrogen and oxygen atoms in total. The van der Waals surface area contributed by atoms with E-state index < -0.39 is 0 Å². The zero-order valence-electron chi connectivity index (χ0n) is 14.0. The van der Waals surface area contributed by atoms with Crippen molar-refractivity contribution in [1.82, 2.24) is 0 Å². The van der Waals surface area contributed by atoms with Crippen LogP contribution in [0.15, 0.2) is 110 Å². The molecule has 0 atom stereocenters. The van der Waals surface area contributed by atoms with Crippen molar-refractivity contribution in [2.24, 2.45) is 0 Å². The Labute approximate surface area is 163 Å². The molecule has 2 aromatic carbocycles. The summed E-state index contributed by atoms with van der Waals surface area (Å²) < 4.78 is 0. The van der Waals surface area contributed by atoms with Crippen LogP contribution in [0.25, 0.3) is 0 Å². The van der Waals surface area contributed by atoms with E-state index in [-0.39, 0.29) is 20.1 Å². The van der Waals surface area contributed by atoms with Gasteiger partial charge in [-0.25, -0.2) is 0 Å². The number of allylic oxidation sites excluding steroid dienone is 4. The first kappa shape index (κ1) is 19.0. The first-order valence-electron chi connectivity index (χ1n) is 8.23. The third kappa shape index (κ3) is 5.90. The Morgan fingerprint density at radius 2 is 0.920 bits per heavy atom. The van der Waals surface area contributed by atoms with Crippen LogP contribution in [0, 0.1) is 0 Å². The summed E-state index contributed by atoms with van der Waals surface area (Å²) in [7, 11) is 0. The van der Waals surface area contributed by atoms with Gasteiger partial charge in [-0.1, -0.05) is 60.7 Å². The average Bonchev–Trinajstić information content (AvgIpc) is 2.71. The smallest absolute Gasteiger partial charge is 0.344 e. The Morgan fingerprint density at radius 1 is 0.520 bits per heavy atom. The predicted octanol–water partition coefficient (Wildman–Crippen LogP) is 5.15. The van der Waals surface area contributed by atoms with E-state index in [4.69, 9.17) is 0 Å². The van der Waals surface area contributed by atoms with Gasteiger partial charge in [-0.15, -0.1) is 0 Å². The van der Waals surface area contributed by atoms with Crippen LogP contribution < -0.4 is 9.80 Å². The molecule has 0 bridgehead atoms. The molecule has 3 heteroatoms. The second-order valence-corrected chi connectivity index (χ2v) is 5.52. The molecule has 4 rings (SSSR count). The fourth-order valence-corrected chi connectivity index (χ4v) is 2.56. The first-order valence-corrected chi connectivity index (χ1v) is 8.23. The molecule has 126 valence electrons. The molecular weight excluding hydrogens is 484 g/mol. The minimum atomic E-state index is 0. The summed E-state index contributed by atoms with van der Waals surface area (Å²) in [6, 6.07) is 20.8. The van der Waals surface area contributed by atoms with E-state index in [9.17, 15) is 0 Å². The zero-order chi connectivity index (χ0) is 16.5. The Balaban J connectivity index is 0.000000173. The molecular formula is C22H22IrN2+3. The fraction of sp³-hybridized carbons (Fsp3) is 0.0909. The van der Waals surface area contributed by atoms with Crippen molar-refractivity contribution in [3.05, 3.63) is 110 Å². The van der Waals surface area contributed by atoms with Crippen LogP contribution in [0.1, 0.15) is 0 Å². The topological polar surface area (TPSA) is 6.48 Å². The predicted molar refractivity (Wildman–Crippen MR) is 104 cm³/mol. The SMILES string of the molecule is C1=CCN(c2ccccc2)C=C1.C1=CCN(c2ccccc2)C=C1.[Ir+3]. The maximum Gasteiger partial charge on any atom is 3.00 e. The van der Waals surface area contributed by atoms with Gasteiger partial charge in [0.2, 0.25) is 0 Å². The van der Waals surface area contributed by atoms with Gasteiger partial charge in [0.25, 0.3) is 0 Å². The number of hydrogen-bond acceptors (Lipinski definition) is 2. The minimum absolute atomic E-state index is 0. The number of nitrogens with zero attached hydrogens (tertiary/aromatic N) is 2. The van der Waals surface area contributed by atoms with Gasteiger partial charge < -0.3 is 9.80 Å². The summed E-state index contributed by atoms with van der Waals surface area (Å²) in [6.45, 7) is 1.95. The van der Waals surface area contributed by atoms with Gasteiger partial charge in [0.15, 0.2) is 0 Å². The van der Waals surface area contributed by atoms with Crippen LogP contribution in [-0.4, -0.2) is 13.1 Å². The quantitative estimate of drug-likeness (QED) is 0.556. The average molecular weight is 507 g/mol. The second-order valence-electron chi connectivity index (χ2n) is 5.52. The van der Waals surface area contributed by atoms with E-state index in [0.717, 1.165) is 13.1 Å². The van der Waals surface area contributed by atoms with Crippen LogP contribution >= 0.6 is 0 Å². The van der Waals surface area contributed by atoms with Crippen molar-refractivity contribution in [3.8, 4) is 0 Å². The van der Waals surface area contributed by atoms with Crippen molar-refractivity contribution in [2.75, 3.05) is 22.9 Å². The van der Waals surface area contributed by atoms with E-state index in [1.54, 1.807) is 0 Å². The largest absolute Gasteiger partial charge is 3.00 e. The van der Waals surface area contributed by atoms with E-state index in [2.05, 4.69) is 107 Å². The van der Waals surface area contributed by atoms with Crippen LogP contribution in [0.5, 0.6) is 0 Å². The molecule has 0 amide bonds. The molecule has 0 fully saturated rings. The Bertz CT molecular complexity index is 668. The third-order valence-corrected chi connectivity index (χ3v) is 3.81. The number of para-hydroxylation sites is 2. The van der Waals surface area contributed by atoms with Crippen LogP contribution in [0.4, 0.5) is 11.4 Å². The summed E-state index contributed by atoms with van der Waals surface area (Å²) in [5, 5.41) is 0. The molecule has 2 aromatic rings. The maximum atomic E-state index is 2.21. The van der Waals surface area contributed by atoms with E-state index in [1.165, 1.54) is 11.4 Å². The molecule has 0 saturated carbocycles. The molecule has 0 aliphatic carbocycles. The minimum Gasteiger partial charge on any atom is -0.344 e. The standard InChI is InChI=1S/2C11H11N.Ir/c2*1-3-7-11(8-4-1)12-9-5-2-6-10-12;/h2*1-9H,10H2;/q;;+3. The normalized spacial score (nSPS) is 14.6. The first-order chi connectivity index (χ1) is 11.9. The van der Waals surface area contributed by atoms with E-state index in [1.807, 2.05) is 12.1 Å². The summed E-state index contributed by atoms with van der Waals surface area (Å²) in [5.41, 5.74) is 2.50. The Morgan fingerprint density at radius 3 is 1.24 bits per heavy atom. The van der Waals surface area contributed by atoms with Crippen molar-refractivity contribution in [3.63, 3.8) is 0 Å². The molecule has 0 spiro atoms. The van der Waals surface area contributed by atoms with Crippen LogP contribution in [0.3, 0.4) is 0 Å². The van der Waals surface area contributed by atoms with Crippen LogP contribution in [0.2, 0.25) is 0 Å². The third-order valence-electron chi connectivity index (χ3n) is 3.81. The summed E-state index contributed by atoms with van der Waals surface area (Å²) in [4.78, 5) is 4.42. The fourth-order valence-electron chi connectivity index (χ4n) is 2.56. The Hall–Kier alpha value is -2.35. The van der Waals surface area contributed by atoms with Gasteiger partial charge in [-0.05, 0) is 36.4 Å². The number of hydrogen-bond donors (Lipinski definition) is 0. The van der Waals surface area contributed by atoms with Gasteiger partial charge >= 0.3 is 20.1 Å². The van der Waals surface area contributed by atoms with Crippen molar-refractivity contribution in [1.29, 1.82) is 0 Å². The molecule has 2 heterocycles. The van der Waals surface area contributed by atoms with Gasteiger partial charge in [0.05, 0.1) is 0 Å². The monoisotopic (exact) mass is 507 g/mol. The van der Waals surface area contributed by atoms with Gasteiger partial charge in [0, 0.05) is 36.9 Å². The van der Waals surface area contributed by atoms with Crippen molar-refractivity contribution >= 4 is 11.4 Å². The summed E-state index contributed by atoms with van der Waals surface area (Å²) >= 11 is 0. The molecule has 2 aliphatic rings. The van der Waals surface area contributed by atoms with Gasteiger partial charge in [0.1, 0.15) is 0 Å².